The maximum absolute atomic E-state index is 9.39. The Hall–Kier alpha value is -1.14. The van der Waals surface area contributed by atoms with Crippen molar-refractivity contribution < 1.29 is 0 Å². The van der Waals surface area contributed by atoms with E-state index < -0.39 is 0 Å². The van der Waals surface area contributed by atoms with Gasteiger partial charge in [-0.3, -0.25) is 0 Å². The normalized spacial score (nSPS) is 23.8. The fraction of sp³-hybridized carbons (Fsp3) is 0.533. The first kappa shape index (κ1) is 13.3. The topological polar surface area (TPSA) is 27.0 Å². The highest BCUT2D eigenvalue weighted by Crippen LogP contribution is 2.33. The molecule has 0 spiro atoms. The van der Waals surface area contributed by atoms with Crippen molar-refractivity contribution >= 4 is 17.4 Å². The van der Waals surface area contributed by atoms with Crippen LogP contribution in [0.2, 0.25) is 0 Å². The van der Waals surface area contributed by atoms with Crippen molar-refractivity contribution in [3.8, 4) is 6.07 Å². The van der Waals surface area contributed by atoms with Crippen LogP contribution in [-0.4, -0.2) is 19.3 Å². The second-order valence-electron chi connectivity index (χ2n) is 5.16. The average molecular weight is 260 g/mol. The molecule has 2 unspecified atom stereocenters. The van der Waals surface area contributed by atoms with Crippen molar-refractivity contribution in [3.05, 3.63) is 23.8 Å². The summed E-state index contributed by atoms with van der Waals surface area (Å²) in [5.74, 6) is 1.48. The van der Waals surface area contributed by atoms with Crippen LogP contribution in [0.5, 0.6) is 0 Å². The molecule has 2 nitrogen and oxygen atoms in total. The van der Waals surface area contributed by atoms with Crippen molar-refractivity contribution in [2.75, 3.05) is 24.2 Å². The number of piperidine rings is 1. The van der Waals surface area contributed by atoms with E-state index >= 15 is 0 Å². The maximum Gasteiger partial charge on any atom is 0.103 e. The molecule has 0 aromatic heterocycles. The van der Waals surface area contributed by atoms with Gasteiger partial charge in [-0.15, -0.1) is 11.8 Å². The van der Waals surface area contributed by atoms with Crippen LogP contribution >= 0.6 is 11.8 Å². The number of nitriles is 1. The van der Waals surface area contributed by atoms with E-state index in [0.717, 1.165) is 35.2 Å². The van der Waals surface area contributed by atoms with Crippen molar-refractivity contribution in [1.82, 2.24) is 0 Å². The molecule has 0 amide bonds. The molecule has 1 aromatic rings. The summed E-state index contributed by atoms with van der Waals surface area (Å²) >= 11 is 1.65. The fourth-order valence-corrected chi connectivity index (χ4v) is 3.12. The minimum Gasteiger partial charge on any atom is -0.370 e. The Morgan fingerprint density at radius 1 is 1.33 bits per heavy atom. The Morgan fingerprint density at radius 3 is 2.72 bits per heavy atom. The summed E-state index contributed by atoms with van der Waals surface area (Å²) in [7, 11) is 0. The van der Waals surface area contributed by atoms with Gasteiger partial charge in [0.1, 0.15) is 6.07 Å². The highest BCUT2D eigenvalue weighted by molar-refractivity contribution is 7.98. The van der Waals surface area contributed by atoms with Crippen molar-refractivity contribution in [2.24, 2.45) is 11.8 Å². The lowest BCUT2D eigenvalue weighted by atomic mass is 9.88. The fourth-order valence-electron chi connectivity index (χ4n) is 2.55. The molecule has 0 bridgehead atoms. The number of benzene rings is 1. The molecule has 96 valence electrons. The third kappa shape index (κ3) is 2.49. The Bertz CT molecular complexity index is 464. The van der Waals surface area contributed by atoms with Crippen LogP contribution < -0.4 is 4.90 Å². The van der Waals surface area contributed by atoms with E-state index in [1.807, 2.05) is 12.3 Å². The van der Waals surface area contributed by atoms with Crippen molar-refractivity contribution in [1.29, 1.82) is 5.26 Å². The second kappa shape index (κ2) is 5.67. The number of hydrogen-bond donors (Lipinski definition) is 0. The van der Waals surface area contributed by atoms with E-state index in [4.69, 9.17) is 0 Å². The van der Waals surface area contributed by atoms with Crippen LogP contribution in [0.15, 0.2) is 23.1 Å². The third-order valence-corrected chi connectivity index (χ3v) is 4.79. The van der Waals surface area contributed by atoms with Gasteiger partial charge in [0, 0.05) is 18.0 Å². The summed E-state index contributed by atoms with van der Waals surface area (Å²) in [4.78, 5) is 3.46. The van der Waals surface area contributed by atoms with Crippen LogP contribution in [0.3, 0.4) is 0 Å². The smallest absolute Gasteiger partial charge is 0.103 e. The minimum absolute atomic E-state index is 0.697. The Balaban J connectivity index is 2.31. The number of nitrogens with zero attached hydrogens (tertiary/aromatic N) is 2. The first-order valence-electron chi connectivity index (χ1n) is 6.49. The zero-order valence-electron chi connectivity index (χ0n) is 11.3. The highest BCUT2D eigenvalue weighted by Gasteiger charge is 2.24. The summed E-state index contributed by atoms with van der Waals surface area (Å²) in [6.07, 6.45) is 3.25. The molecule has 0 N–H and O–H groups in total. The van der Waals surface area contributed by atoms with Crippen molar-refractivity contribution in [3.63, 3.8) is 0 Å². The largest absolute Gasteiger partial charge is 0.370 e. The van der Waals surface area contributed by atoms with Gasteiger partial charge in [-0.05, 0) is 36.6 Å². The summed E-state index contributed by atoms with van der Waals surface area (Å²) in [5.41, 5.74) is 1.95. The molecule has 1 aromatic carbocycles. The van der Waals surface area contributed by atoms with E-state index in [9.17, 15) is 5.26 Å². The zero-order valence-corrected chi connectivity index (χ0v) is 12.1. The lowest BCUT2D eigenvalue weighted by Crippen LogP contribution is -2.38. The molecular weight excluding hydrogens is 240 g/mol. The van der Waals surface area contributed by atoms with E-state index in [1.165, 1.54) is 6.42 Å². The second-order valence-corrected chi connectivity index (χ2v) is 6.00. The van der Waals surface area contributed by atoms with E-state index in [-0.39, 0.29) is 0 Å². The summed E-state index contributed by atoms with van der Waals surface area (Å²) < 4.78 is 0. The van der Waals surface area contributed by atoms with Gasteiger partial charge in [0.2, 0.25) is 0 Å². The molecule has 1 aliphatic heterocycles. The molecule has 1 fully saturated rings. The SMILES string of the molecule is CSc1cccc(N2CCC(C)C(C)C2)c1C#N. The van der Waals surface area contributed by atoms with E-state index in [0.29, 0.717) is 5.92 Å². The van der Waals surface area contributed by atoms with Crippen LogP contribution in [0.25, 0.3) is 0 Å². The molecule has 1 aliphatic rings. The van der Waals surface area contributed by atoms with Gasteiger partial charge in [0.05, 0.1) is 11.3 Å². The van der Waals surface area contributed by atoms with Gasteiger partial charge >= 0.3 is 0 Å². The van der Waals surface area contributed by atoms with Gasteiger partial charge in [-0.1, -0.05) is 19.9 Å². The summed E-state index contributed by atoms with van der Waals surface area (Å²) in [6.45, 7) is 6.76. The quantitative estimate of drug-likeness (QED) is 0.758. The number of hydrogen-bond acceptors (Lipinski definition) is 3. The predicted octanol–water partition coefficient (Wildman–Crippen LogP) is 3.76. The molecular formula is C15H20N2S. The monoisotopic (exact) mass is 260 g/mol. The molecule has 0 radical (unpaired) electrons. The van der Waals surface area contributed by atoms with Crippen LogP contribution in [0.4, 0.5) is 5.69 Å². The number of anilines is 1. The minimum atomic E-state index is 0.697. The first-order valence-corrected chi connectivity index (χ1v) is 7.72. The predicted molar refractivity (Wildman–Crippen MR) is 78.1 cm³/mol. The highest BCUT2D eigenvalue weighted by atomic mass is 32.2. The summed E-state index contributed by atoms with van der Waals surface area (Å²) in [6, 6.07) is 8.55. The third-order valence-electron chi connectivity index (χ3n) is 4.01. The van der Waals surface area contributed by atoms with Gasteiger partial charge in [0.25, 0.3) is 0 Å². The molecule has 1 saturated heterocycles. The molecule has 2 rings (SSSR count). The molecule has 1 heterocycles. The molecule has 2 atom stereocenters. The van der Waals surface area contributed by atoms with Gasteiger partial charge in [0.15, 0.2) is 0 Å². The van der Waals surface area contributed by atoms with Gasteiger partial charge in [-0.25, -0.2) is 0 Å². The Kier molecular flexibility index (Phi) is 4.19. The van der Waals surface area contributed by atoms with Gasteiger partial charge in [-0.2, -0.15) is 5.26 Å². The lowest BCUT2D eigenvalue weighted by molar-refractivity contribution is 0.324. The molecule has 0 aliphatic carbocycles. The zero-order chi connectivity index (χ0) is 13.1. The Labute approximate surface area is 114 Å². The standard InChI is InChI=1S/C15H20N2S/c1-11-7-8-17(10-12(11)2)14-5-4-6-15(18-3)13(14)9-16/h4-6,11-12H,7-8,10H2,1-3H3. The van der Waals surface area contributed by atoms with Crippen LogP contribution in [0.1, 0.15) is 25.8 Å². The van der Waals surface area contributed by atoms with E-state index in [1.54, 1.807) is 11.8 Å². The summed E-state index contributed by atoms with van der Waals surface area (Å²) in [5, 5.41) is 9.39. The van der Waals surface area contributed by atoms with E-state index in [2.05, 4.69) is 36.9 Å². The molecule has 0 saturated carbocycles. The molecule has 3 heteroatoms. The number of rotatable bonds is 2. The molecule has 18 heavy (non-hydrogen) atoms. The lowest BCUT2D eigenvalue weighted by Gasteiger charge is -2.37. The van der Waals surface area contributed by atoms with Gasteiger partial charge < -0.3 is 4.90 Å². The number of thioether (sulfide) groups is 1. The first-order chi connectivity index (χ1) is 8.67. The Morgan fingerprint density at radius 2 is 2.11 bits per heavy atom. The average Bonchev–Trinajstić information content (AvgIpc) is 2.40. The maximum atomic E-state index is 9.39. The van der Waals surface area contributed by atoms with Crippen LogP contribution in [0, 0.1) is 23.2 Å². The van der Waals surface area contributed by atoms with Crippen molar-refractivity contribution in [2.45, 2.75) is 25.2 Å². The van der Waals surface area contributed by atoms with Crippen LogP contribution in [-0.2, 0) is 0 Å².